The van der Waals surface area contributed by atoms with E-state index in [1.165, 1.54) is 12.1 Å². The number of ether oxygens (including phenoxy) is 1. The first kappa shape index (κ1) is 17.0. The molecule has 0 amide bonds. The van der Waals surface area contributed by atoms with E-state index in [2.05, 4.69) is 21.2 Å². The summed E-state index contributed by atoms with van der Waals surface area (Å²) in [6.45, 7) is 2.03. The number of hydrogen-bond donors (Lipinski definition) is 2. The van der Waals surface area contributed by atoms with Gasteiger partial charge in [-0.1, -0.05) is 28.1 Å². The number of halogens is 1. The fraction of sp³-hybridized carbons (Fsp3) is 0.176. The van der Waals surface area contributed by atoms with E-state index in [9.17, 15) is 9.59 Å². The number of esters is 1. The Balaban J connectivity index is 2.25. The number of anilines is 1. The average molecular weight is 378 g/mol. The van der Waals surface area contributed by atoms with Crippen molar-refractivity contribution in [3.05, 3.63) is 64.1 Å². The van der Waals surface area contributed by atoms with Crippen LogP contribution < -0.4 is 5.32 Å². The van der Waals surface area contributed by atoms with Gasteiger partial charge in [0.05, 0.1) is 12.2 Å². The molecule has 0 aromatic heterocycles. The van der Waals surface area contributed by atoms with E-state index in [-0.39, 0.29) is 12.2 Å². The largest absolute Gasteiger partial charge is 0.478 e. The zero-order valence-electron chi connectivity index (χ0n) is 12.5. The zero-order chi connectivity index (χ0) is 16.8. The van der Waals surface area contributed by atoms with Gasteiger partial charge >= 0.3 is 11.9 Å². The van der Waals surface area contributed by atoms with Crippen molar-refractivity contribution in [3.8, 4) is 0 Å². The summed E-state index contributed by atoms with van der Waals surface area (Å²) in [5, 5.41) is 12.0. The van der Waals surface area contributed by atoms with Crippen LogP contribution in [0.3, 0.4) is 0 Å². The summed E-state index contributed by atoms with van der Waals surface area (Å²) >= 11 is 3.36. The van der Waals surface area contributed by atoms with Gasteiger partial charge in [0.2, 0.25) is 0 Å². The van der Waals surface area contributed by atoms with Crippen molar-refractivity contribution in [1.29, 1.82) is 0 Å². The van der Waals surface area contributed by atoms with E-state index in [1.807, 2.05) is 24.3 Å². The fourth-order valence-corrected chi connectivity index (χ4v) is 2.30. The molecular formula is C17H16BrNO4. The number of hydrogen-bond acceptors (Lipinski definition) is 4. The minimum Gasteiger partial charge on any atom is -0.478 e. The number of carboxylic acids is 1. The summed E-state index contributed by atoms with van der Waals surface area (Å²) in [6.07, 6.45) is 0. The molecule has 0 heterocycles. The van der Waals surface area contributed by atoms with Crippen LogP contribution >= 0.6 is 15.9 Å². The lowest BCUT2D eigenvalue weighted by atomic mass is 10.1. The van der Waals surface area contributed by atoms with Crippen LogP contribution in [0.25, 0.3) is 0 Å². The number of carboxylic acid groups (broad SMARTS) is 1. The topological polar surface area (TPSA) is 75.6 Å². The molecule has 0 radical (unpaired) electrons. The standard InChI is InChI=1S/C17H16BrNO4/c1-2-23-17(22)15(11-3-7-13(18)8-4-11)19-14-9-5-12(6-10-14)16(20)21/h3-10,15,19H,2H2,1H3,(H,20,21). The molecular weight excluding hydrogens is 362 g/mol. The summed E-state index contributed by atoms with van der Waals surface area (Å²) in [5.74, 6) is -1.39. The van der Waals surface area contributed by atoms with Gasteiger partial charge in [-0.15, -0.1) is 0 Å². The molecule has 0 aliphatic heterocycles. The van der Waals surface area contributed by atoms with Crippen molar-refractivity contribution >= 4 is 33.6 Å². The van der Waals surface area contributed by atoms with Gasteiger partial charge in [-0.05, 0) is 48.9 Å². The maximum absolute atomic E-state index is 12.2. The lowest BCUT2D eigenvalue weighted by molar-refractivity contribution is -0.144. The predicted molar refractivity (Wildman–Crippen MR) is 90.5 cm³/mol. The van der Waals surface area contributed by atoms with E-state index in [0.29, 0.717) is 5.69 Å². The highest BCUT2D eigenvalue weighted by Gasteiger charge is 2.22. The third kappa shape index (κ3) is 4.56. The highest BCUT2D eigenvalue weighted by Crippen LogP contribution is 2.23. The smallest absolute Gasteiger partial charge is 0.335 e. The van der Waals surface area contributed by atoms with Gasteiger partial charge in [0, 0.05) is 10.2 Å². The zero-order valence-corrected chi connectivity index (χ0v) is 14.0. The third-order valence-electron chi connectivity index (χ3n) is 3.17. The van der Waals surface area contributed by atoms with Gasteiger partial charge in [0.25, 0.3) is 0 Å². The molecule has 2 N–H and O–H groups in total. The first-order valence-corrected chi connectivity index (χ1v) is 7.82. The van der Waals surface area contributed by atoms with Crippen molar-refractivity contribution < 1.29 is 19.4 Å². The minimum absolute atomic E-state index is 0.187. The van der Waals surface area contributed by atoms with Crippen molar-refractivity contribution in [1.82, 2.24) is 0 Å². The molecule has 1 unspecified atom stereocenters. The van der Waals surface area contributed by atoms with Crippen LogP contribution in [0.1, 0.15) is 28.9 Å². The molecule has 2 aromatic carbocycles. The lowest BCUT2D eigenvalue weighted by Gasteiger charge is -2.19. The Hall–Kier alpha value is -2.34. The molecule has 5 nitrogen and oxygen atoms in total. The first-order chi connectivity index (χ1) is 11.0. The maximum Gasteiger partial charge on any atom is 0.335 e. The van der Waals surface area contributed by atoms with Gasteiger partial charge in [-0.2, -0.15) is 0 Å². The van der Waals surface area contributed by atoms with Crippen LogP contribution in [-0.2, 0) is 9.53 Å². The maximum atomic E-state index is 12.2. The van der Waals surface area contributed by atoms with Crippen LogP contribution in [-0.4, -0.2) is 23.7 Å². The van der Waals surface area contributed by atoms with E-state index >= 15 is 0 Å². The SMILES string of the molecule is CCOC(=O)C(Nc1ccc(C(=O)O)cc1)c1ccc(Br)cc1. The molecule has 2 rings (SSSR count). The molecule has 1 atom stereocenters. The molecule has 0 saturated heterocycles. The van der Waals surface area contributed by atoms with Crippen molar-refractivity contribution in [3.63, 3.8) is 0 Å². The molecule has 6 heteroatoms. The van der Waals surface area contributed by atoms with Gasteiger partial charge in [-0.25, -0.2) is 9.59 Å². The number of rotatable bonds is 6. The second-order valence-electron chi connectivity index (χ2n) is 4.76. The third-order valence-corrected chi connectivity index (χ3v) is 3.70. The number of aromatic carboxylic acids is 1. The molecule has 0 saturated carbocycles. The second-order valence-corrected chi connectivity index (χ2v) is 5.68. The summed E-state index contributed by atoms with van der Waals surface area (Å²) in [7, 11) is 0. The molecule has 2 aromatic rings. The molecule has 0 aliphatic carbocycles. The highest BCUT2D eigenvalue weighted by atomic mass is 79.9. The Labute approximate surface area is 142 Å². The summed E-state index contributed by atoms with van der Waals surface area (Å²) in [5.41, 5.74) is 1.58. The molecule has 120 valence electrons. The lowest BCUT2D eigenvalue weighted by Crippen LogP contribution is -2.23. The Morgan fingerprint density at radius 2 is 1.74 bits per heavy atom. The number of benzene rings is 2. The van der Waals surface area contributed by atoms with Crippen molar-refractivity contribution in [2.45, 2.75) is 13.0 Å². The van der Waals surface area contributed by atoms with Crippen LogP contribution in [0.15, 0.2) is 53.0 Å². The molecule has 0 aliphatic rings. The Kier molecular flexibility index (Phi) is 5.76. The summed E-state index contributed by atoms with van der Waals surface area (Å²) < 4.78 is 6.03. The number of carbonyl (C=O) groups excluding carboxylic acids is 1. The molecule has 0 fully saturated rings. The van der Waals surface area contributed by atoms with Crippen LogP contribution in [0.5, 0.6) is 0 Å². The second kappa shape index (κ2) is 7.78. The van der Waals surface area contributed by atoms with Crippen molar-refractivity contribution in [2.75, 3.05) is 11.9 Å². The highest BCUT2D eigenvalue weighted by molar-refractivity contribution is 9.10. The predicted octanol–water partition coefficient (Wildman–Crippen LogP) is 3.86. The average Bonchev–Trinajstić information content (AvgIpc) is 2.54. The fourth-order valence-electron chi connectivity index (χ4n) is 2.03. The quantitative estimate of drug-likeness (QED) is 0.747. The van der Waals surface area contributed by atoms with Crippen LogP contribution in [0, 0.1) is 0 Å². The molecule has 0 bridgehead atoms. The van der Waals surface area contributed by atoms with Gasteiger partial charge in [0.1, 0.15) is 0 Å². The number of nitrogens with one attached hydrogen (secondary N) is 1. The molecule has 0 spiro atoms. The van der Waals surface area contributed by atoms with Crippen LogP contribution in [0.4, 0.5) is 5.69 Å². The number of carbonyl (C=O) groups is 2. The van der Waals surface area contributed by atoms with Gasteiger partial charge in [0.15, 0.2) is 6.04 Å². The van der Waals surface area contributed by atoms with Gasteiger partial charge < -0.3 is 15.2 Å². The minimum atomic E-state index is -0.994. The van der Waals surface area contributed by atoms with Crippen LogP contribution in [0.2, 0.25) is 0 Å². The Bertz CT molecular complexity index is 683. The Morgan fingerprint density at radius 3 is 2.26 bits per heavy atom. The van der Waals surface area contributed by atoms with Gasteiger partial charge in [-0.3, -0.25) is 0 Å². The summed E-state index contributed by atoms with van der Waals surface area (Å²) in [4.78, 5) is 23.1. The first-order valence-electron chi connectivity index (χ1n) is 7.03. The van der Waals surface area contributed by atoms with E-state index in [1.54, 1.807) is 19.1 Å². The van der Waals surface area contributed by atoms with E-state index in [4.69, 9.17) is 9.84 Å². The molecule has 23 heavy (non-hydrogen) atoms. The van der Waals surface area contributed by atoms with Crippen molar-refractivity contribution in [2.24, 2.45) is 0 Å². The normalized spacial score (nSPS) is 11.6. The van der Waals surface area contributed by atoms with E-state index in [0.717, 1.165) is 10.0 Å². The monoisotopic (exact) mass is 377 g/mol. The Morgan fingerprint density at radius 1 is 1.13 bits per heavy atom. The van der Waals surface area contributed by atoms with E-state index < -0.39 is 18.0 Å². The summed E-state index contributed by atoms with van der Waals surface area (Å²) in [6, 6.07) is 12.9.